The summed E-state index contributed by atoms with van der Waals surface area (Å²) in [6, 6.07) is 7.93. The van der Waals surface area contributed by atoms with Crippen molar-refractivity contribution >= 4 is 10.9 Å². The molecule has 0 unspecified atom stereocenters. The molecule has 3 nitrogen and oxygen atoms in total. The number of aromatic amines is 1. The number of aromatic nitrogens is 1. The molecule has 0 aliphatic carbocycles. The minimum atomic E-state index is 0.101. The van der Waals surface area contributed by atoms with Gasteiger partial charge in [-0.15, -0.1) is 0 Å². The average molecular weight is 179 g/mol. The van der Waals surface area contributed by atoms with Crippen molar-refractivity contribution in [3.8, 4) is 0 Å². The molecular formula is C10H13NO2. The summed E-state index contributed by atoms with van der Waals surface area (Å²) >= 11 is 0. The van der Waals surface area contributed by atoms with Crippen molar-refractivity contribution in [3.63, 3.8) is 0 Å². The van der Waals surface area contributed by atoms with E-state index in [-0.39, 0.29) is 6.61 Å². The number of benzene rings is 1. The van der Waals surface area contributed by atoms with Crippen LogP contribution in [0.4, 0.5) is 0 Å². The van der Waals surface area contributed by atoms with E-state index < -0.39 is 0 Å². The van der Waals surface area contributed by atoms with E-state index in [1.807, 2.05) is 30.5 Å². The Labute approximate surface area is 76.6 Å². The van der Waals surface area contributed by atoms with E-state index in [0.29, 0.717) is 0 Å². The monoisotopic (exact) mass is 179 g/mol. The van der Waals surface area contributed by atoms with E-state index in [4.69, 9.17) is 10.2 Å². The molecule has 70 valence electrons. The van der Waals surface area contributed by atoms with Crippen LogP contribution < -0.4 is 0 Å². The second-order valence-corrected chi connectivity index (χ2v) is 2.52. The van der Waals surface area contributed by atoms with Gasteiger partial charge in [-0.1, -0.05) is 18.2 Å². The van der Waals surface area contributed by atoms with Gasteiger partial charge in [0.1, 0.15) is 0 Å². The highest BCUT2D eigenvalue weighted by molar-refractivity contribution is 5.82. The SMILES string of the molecule is CO.OCc1c[nH]c2ccccc12. The number of hydrogen-bond donors (Lipinski definition) is 3. The molecule has 0 saturated carbocycles. The lowest BCUT2D eigenvalue weighted by atomic mass is 10.2. The van der Waals surface area contributed by atoms with E-state index in [0.717, 1.165) is 23.6 Å². The summed E-state index contributed by atoms with van der Waals surface area (Å²) in [4.78, 5) is 3.08. The first-order valence-electron chi connectivity index (χ1n) is 4.02. The highest BCUT2D eigenvalue weighted by Crippen LogP contribution is 2.16. The Balaban J connectivity index is 0.000000396. The molecule has 1 heterocycles. The summed E-state index contributed by atoms with van der Waals surface area (Å²) in [5.41, 5.74) is 2.04. The van der Waals surface area contributed by atoms with E-state index in [1.54, 1.807) is 0 Å². The van der Waals surface area contributed by atoms with Gasteiger partial charge in [-0.2, -0.15) is 0 Å². The summed E-state index contributed by atoms with van der Waals surface area (Å²) < 4.78 is 0. The van der Waals surface area contributed by atoms with Gasteiger partial charge < -0.3 is 15.2 Å². The topological polar surface area (TPSA) is 56.2 Å². The zero-order chi connectivity index (χ0) is 9.68. The molecule has 2 rings (SSSR count). The van der Waals surface area contributed by atoms with Crippen molar-refractivity contribution in [2.24, 2.45) is 0 Å². The molecular weight excluding hydrogens is 166 g/mol. The Morgan fingerprint density at radius 2 is 1.92 bits per heavy atom. The number of aliphatic hydroxyl groups excluding tert-OH is 2. The number of H-pyrrole nitrogens is 1. The van der Waals surface area contributed by atoms with Crippen molar-refractivity contribution in [2.45, 2.75) is 6.61 Å². The lowest BCUT2D eigenvalue weighted by Gasteiger charge is -1.90. The molecule has 1 aromatic heterocycles. The van der Waals surface area contributed by atoms with Crippen molar-refractivity contribution < 1.29 is 10.2 Å². The molecule has 13 heavy (non-hydrogen) atoms. The fraction of sp³-hybridized carbons (Fsp3) is 0.200. The number of aliphatic hydroxyl groups is 2. The van der Waals surface area contributed by atoms with Crippen molar-refractivity contribution in [1.82, 2.24) is 4.98 Å². The highest BCUT2D eigenvalue weighted by atomic mass is 16.3. The molecule has 3 heteroatoms. The van der Waals surface area contributed by atoms with Crippen LogP contribution in [-0.4, -0.2) is 22.3 Å². The molecule has 0 radical (unpaired) electrons. The standard InChI is InChI=1S/C9H9NO.CH4O/c11-6-7-5-10-9-4-2-1-3-8(7)9;1-2/h1-5,10-11H,6H2;2H,1H3. The van der Waals surface area contributed by atoms with Crippen LogP contribution >= 0.6 is 0 Å². The van der Waals surface area contributed by atoms with Gasteiger partial charge in [0.25, 0.3) is 0 Å². The molecule has 1 aromatic carbocycles. The Bertz CT molecular complexity index is 368. The maximum Gasteiger partial charge on any atom is 0.0702 e. The molecule has 3 N–H and O–H groups in total. The number of para-hydroxylation sites is 1. The molecule has 0 amide bonds. The lowest BCUT2D eigenvalue weighted by Crippen LogP contribution is -1.76. The maximum absolute atomic E-state index is 8.90. The third kappa shape index (κ3) is 1.88. The van der Waals surface area contributed by atoms with Crippen LogP contribution in [0.2, 0.25) is 0 Å². The quantitative estimate of drug-likeness (QED) is 0.617. The second-order valence-electron chi connectivity index (χ2n) is 2.52. The average Bonchev–Trinajstić information content (AvgIpc) is 2.64. The summed E-state index contributed by atoms with van der Waals surface area (Å²) in [5, 5.41) is 17.0. The molecule has 0 bridgehead atoms. The fourth-order valence-corrected chi connectivity index (χ4v) is 1.26. The zero-order valence-corrected chi connectivity index (χ0v) is 7.49. The van der Waals surface area contributed by atoms with Gasteiger partial charge in [0.15, 0.2) is 0 Å². The zero-order valence-electron chi connectivity index (χ0n) is 7.49. The smallest absolute Gasteiger partial charge is 0.0702 e. The van der Waals surface area contributed by atoms with Crippen molar-refractivity contribution in [1.29, 1.82) is 0 Å². The van der Waals surface area contributed by atoms with Gasteiger partial charge in [0.2, 0.25) is 0 Å². The van der Waals surface area contributed by atoms with Crippen LogP contribution in [0.25, 0.3) is 10.9 Å². The summed E-state index contributed by atoms with van der Waals surface area (Å²) in [6.07, 6.45) is 1.84. The van der Waals surface area contributed by atoms with Crippen LogP contribution in [0.15, 0.2) is 30.5 Å². The van der Waals surface area contributed by atoms with Crippen LogP contribution in [0, 0.1) is 0 Å². The van der Waals surface area contributed by atoms with Gasteiger partial charge in [0, 0.05) is 29.8 Å². The predicted octanol–water partition coefficient (Wildman–Crippen LogP) is 1.27. The predicted molar refractivity (Wildman–Crippen MR) is 52.4 cm³/mol. The first kappa shape index (κ1) is 9.77. The molecule has 0 atom stereocenters. The lowest BCUT2D eigenvalue weighted by molar-refractivity contribution is 0.283. The van der Waals surface area contributed by atoms with Gasteiger partial charge in [-0.3, -0.25) is 0 Å². The molecule has 2 aromatic rings. The maximum atomic E-state index is 8.90. The number of hydrogen-bond acceptors (Lipinski definition) is 2. The Morgan fingerprint density at radius 3 is 2.62 bits per heavy atom. The third-order valence-corrected chi connectivity index (χ3v) is 1.85. The third-order valence-electron chi connectivity index (χ3n) is 1.85. The normalized spacial score (nSPS) is 9.46. The Morgan fingerprint density at radius 1 is 1.23 bits per heavy atom. The van der Waals surface area contributed by atoms with E-state index in [9.17, 15) is 0 Å². The first-order valence-corrected chi connectivity index (χ1v) is 4.02. The molecule has 0 aliphatic rings. The number of rotatable bonds is 1. The van der Waals surface area contributed by atoms with E-state index in [1.165, 1.54) is 0 Å². The fourth-order valence-electron chi connectivity index (χ4n) is 1.26. The van der Waals surface area contributed by atoms with Gasteiger partial charge >= 0.3 is 0 Å². The van der Waals surface area contributed by atoms with E-state index in [2.05, 4.69) is 4.98 Å². The molecule has 0 fully saturated rings. The minimum Gasteiger partial charge on any atom is -0.400 e. The van der Waals surface area contributed by atoms with Crippen LogP contribution in [0.3, 0.4) is 0 Å². The van der Waals surface area contributed by atoms with Gasteiger partial charge in [-0.05, 0) is 6.07 Å². The molecule has 0 aliphatic heterocycles. The van der Waals surface area contributed by atoms with Crippen LogP contribution in [-0.2, 0) is 6.61 Å². The van der Waals surface area contributed by atoms with Gasteiger partial charge in [-0.25, -0.2) is 0 Å². The largest absolute Gasteiger partial charge is 0.400 e. The summed E-state index contributed by atoms with van der Waals surface area (Å²) in [5.74, 6) is 0. The highest BCUT2D eigenvalue weighted by Gasteiger charge is 1.98. The first-order chi connectivity index (χ1) is 6.42. The number of fused-ring (bicyclic) bond motifs is 1. The summed E-state index contributed by atoms with van der Waals surface area (Å²) in [7, 11) is 1.00. The minimum absolute atomic E-state index is 0.101. The van der Waals surface area contributed by atoms with Gasteiger partial charge in [0.05, 0.1) is 6.61 Å². The number of nitrogens with one attached hydrogen (secondary N) is 1. The van der Waals surface area contributed by atoms with Crippen LogP contribution in [0.1, 0.15) is 5.56 Å². The Hall–Kier alpha value is -1.32. The van der Waals surface area contributed by atoms with Crippen LogP contribution in [0.5, 0.6) is 0 Å². The Kier molecular flexibility index (Phi) is 3.49. The summed E-state index contributed by atoms with van der Waals surface area (Å²) in [6.45, 7) is 0.101. The molecule has 0 spiro atoms. The molecule has 0 saturated heterocycles. The van der Waals surface area contributed by atoms with Crippen molar-refractivity contribution in [2.75, 3.05) is 7.11 Å². The second kappa shape index (κ2) is 4.64. The van der Waals surface area contributed by atoms with Crippen molar-refractivity contribution in [3.05, 3.63) is 36.0 Å². The van der Waals surface area contributed by atoms with E-state index >= 15 is 0 Å².